The van der Waals surface area contributed by atoms with Gasteiger partial charge in [-0.1, -0.05) is 6.07 Å². The highest BCUT2D eigenvalue weighted by Crippen LogP contribution is 2.28. The number of piperidine rings is 1. The molecule has 0 saturated carbocycles. The Kier molecular flexibility index (Phi) is 3.71. The van der Waals surface area contributed by atoms with Crippen LogP contribution in [0.5, 0.6) is 0 Å². The topological polar surface area (TPSA) is 59.7 Å². The van der Waals surface area contributed by atoms with Crippen molar-refractivity contribution in [3.05, 3.63) is 61.2 Å². The molecule has 1 aliphatic rings. The van der Waals surface area contributed by atoms with Crippen LogP contribution in [-0.4, -0.2) is 37.6 Å². The maximum absolute atomic E-state index is 4.83. The van der Waals surface area contributed by atoms with Crippen LogP contribution in [0.1, 0.15) is 24.5 Å². The minimum atomic E-state index is 0.411. The molecule has 0 bridgehead atoms. The van der Waals surface area contributed by atoms with Gasteiger partial charge in [-0.25, -0.2) is 15.0 Å². The largest absolute Gasteiger partial charge is 0.355 e. The molecule has 6 nitrogen and oxygen atoms in total. The first kappa shape index (κ1) is 13.9. The van der Waals surface area contributed by atoms with Gasteiger partial charge in [0.2, 0.25) is 0 Å². The van der Waals surface area contributed by atoms with Crippen molar-refractivity contribution >= 4 is 5.82 Å². The lowest BCUT2D eigenvalue weighted by molar-refractivity contribution is 0.498. The van der Waals surface area contributed by atoms with E-state index in [1.807, 2.05) is 23.0 Å². The summed E-state index contributed by atoms with van der Waals surface area (Å²) < 4.78 is 1.94. The lowest BCUT2D eigenvalue weighted by atomic mass is 9.94. The van der Waals surface area contributed by atoms with Crippen LogP contribution in [0.2, 0.25) is 0 Å². The second kappa shape index (κ2) is 6.16. The molecule has 0 spiro atoms. The van der Waals surface area contributed by atoms with E-state index >= 15 is 0 Å². The van der Waals surface area contributed by atoms with E-state index in [0.717, 1.165) is 43.3 Å². The number of anilines is 1. The van der Waals surface area contributed by atoms with E-state index in [9.17, 15) is 0 Å². The van der Waals surface area contributed by atoms with Gasteiger partial charge in [0.15, 0.2) is 0 Å². The molecule has 1 fully saturated rings. The van der Waals surface area contributed by atoms with Gasteiger partial charge in [0.1, 0.15) is 18.0 Å². The zero-order valence-electron chi connectivity index (χ0n) is 12.8. The van der Waals surface area contributed by atoms with Gasteiger partial charge in [-0.15, -0.1) is 0 Å². The van der Waals surface area contributed by atoms with Crippen molar-refractivity contribution in [1.29, 1.82) is 0 Å². The van der Waals surface area contributed by atoms with Gasteiger partial charge >= 0.3 is 0 Å². The Morgan fingerprint density at radius 2 is 2.04 bits per heavy atom. The van der Waals surface area contributed by atoms with Crippen molar-refractivity contribution in [2.75, 3.05) is 18.0 Å². The number of pyridine rings is 1. The maximum Gasteiger partial charge on any atom is 0.147 e. The molecule has 0 radical (unpaired) electrons. The summed E-state index contributed by atoms with van der Waals surface area (Å²) in [5.74, 6) is 2.27. The Bertz CT molecular complexity index is 756. The monoisotopic (exact) mass is 306 g/mol. The first-order valence-corrected chi connectivity index (χ1v) is 7.86. The standard InChI is InChI=1S/C17H18N6/c1-4-15(21-16(5-1)23-10-8-19-13-23)14-3-2-9-22(12-14)17-11-18-6-7-20-17/h1,4-8,10-11,13-14H,2-3,9,12H2. The summed E-state index contributed by atoms with van der Waals surface area (Å²) in [4.78, 5) is 19.8. The normalized spacial score (nSPS) is 18.1. The summed E-state index contributed by atoms with van der Waals surface area (Å²) in [6, 6.07) is 6.19. The Hall–Kier alpha value is -2.76. The van der Waals surface area contributed by atoms with Crippen molar-refractivity contribution < 1.29 is 0 Å². The van der Waals surface area contributed by atoms with E-state index in [1.54, 1.807) is 24.9 Å². The van der Waals surface area contributed by atoms with E-state index in [2.05, 4.69) is 32.0 Å². The summed E-state index contributed by atoms with van der Waals surface area (Å²) in [6.07, 6.45) is 13.0. The highest BCUT2D eigenvalue weighted by atomic mass is 15.2. The van der Waals surface area contributed by atoms with Gasteiger partial charge in [-0.2, -0.15) is 0 Å². The molecule has 0 aromatic carbocycles. The maximum atomic E-state index is 4.83. The number of hydrogen-bond donors (Lipinski definition) is 0. The molecule has 0 N–H and O–H groups in total. The molecule has 23 heavy (non-hydrogen) atoms. The molecule has 3 aromatic rings. The molecule has 1 saturated heterocycles. The average molecular weight is 306 g/mol. The predicted molar refractivity (Wildman–Crippen MR) is 87.6 cm³/mol. The molecular formula is C17H18N6. The third kappa shape index (κ3) is 2.92. The zero-order chi connectivity index (χ0) is 15.5. The van der Waals surface area contributed by atoms with Crippen LogP contribution in [-0.2, 0) is 0 Å². The van der Waals surface area contributed by atoms with Crippen molar-refractivity contribution in [2.24, 2.45) is 0 Å². The van der Waals surface area contributed by atoms with E-state index in [1.165, 1.54) is 0 Å². The fraction of sp³-hybridized carbons (Fsp3) is 0.294. The molecule has 6 heteroatoms. The van der Waals surface area contributed by atoms with Crippen molar-refractivity contribution in [3.8, 4) is 5.82 Å². The summed E-state index contributed by atoms with van der Waals surface area (Å²) in [7, 11) is 0. The van der Waals surface area contributed by atoms with Gasteiger partial charge in [0, 0.05) is 49.5 Å². The summed E-state index contributed by atoms with van der Waals surface area (Å²) >= 11 is 0. The minimum absolute atomic E-state index is 0.411. The van der Waals surface area contributed by atoms with E-state index in [-0.39, 0.29) is 0 Å². The summed E-state index contributed by atoms with van der Waals surface area (Å²) in [6.45, 7) is 1.95. The summed E-state index contributed by atoms with van der Waals surface area (Å²) in [5.41, 5.74) is 1.13. The molecule has 4 heterocycles. The number of hydrogen-bond acceptors (Lipinski definition) is 5. The average Bonchev–Trinajstić information content (AvgIpc) is 3.18. The van der Waals surface area contributed by atoms with Gasteiger partial charge in [-0.05, 0) is 25.0 Å². The van der Waals surface area contributed by atoms with E-state index < -0.39 is 0 Å². The van der Waals surface area contributed by atoms with E-state index in [0.29, 0.717) is 5.92 Å². The first-order valence-electron chi connectivity index (χ1n) is 7.86. The third-order valence-electron chi connectivity index (χ3n) is 4.24. The number of aromatic nitrogens is 5. The number of imidazole rings is 1. The third-order valence-corrected chi connectivity index (χ3v) is 4.24. The van der Waals surface area contributed by atoms with Gasteiger partial charge < -0.3 is 4.90 Å². The smallest absolute Gasteiger partial charge is 0.147 e. The molecule has 116 valence electrons. The van der Waals surface area contributed by atoms with Crippen LogP contribution < -0.4 is 4.90 Å². The summed E-state index contributed by atoms with van der Waals surface area (Å²) in [5, 5.41) is 0. The van der Waals surface area contributed by atoms with Crippen molar-refractivity contribution in [2.45, 2.75) is 18.8 Å². The van der Waals surface area contributed by atoms with Crippen LogP contribution >= 0.6 is 0 Å². The fourth-order valence-corrected chi connectivity index (χ4v) is 3.09. The number of nitrogens with zero attached hydrogens (tertiary/aromatic N) is 6. The van der Waals surface area contributed by atoms with Gasteiger partial charge in [0.05, 0.1) is 6.20 Å². The zero-order valence-corrected chi connectivity index (χ0v) is 12.8. The van der Waals surface area contributed by atoms with Crippen LogP contribution in [0, 0.1) is 0 Å². The van der Waals surface area contributed by atoms with Crippen LogP contribution in [0.15, 0.2) is 55.5 Å². The van der Waals surface area contributed by atoms with E-state index in [4.69, 9.17) is 4.98 Å². The van der Waals surface area contributed by atoms with Crippen molar-refractivity contribution in [1.82, 2.24) is 24.5 Å². The molecule has 4 rings (SSSR count). The Morgan fingerprint density at radius 1 is 1.04 bits per heavy atom. The van der Waals surface area contributed by atoms with Gasteiger partial charge in [0.25, 0.3) is 0 Å². The van der Waals surface area contributed by atoms with Crippen LogP contribution in [0.3, 0.4) is 0 Å². The highest BCUT2D eigenvalue weighted by molar-refractivity contribution is 5.37. The first-order chi connectivity index (χ1) is 11.4. The molecular weight excluding hydrogens is 288 g/mol. The quantitative estimate of drug-likeness (QED) is 0.744. The van der Waals surface area contributed by atoms with Crippen LogP contribution in [0.4, 0.5) is 5.82 Å². The predicted octanol–water partition coefficient (Wildman–Crippen LogP) is 2.44. The molecule has 1 atom stereocenters. The molecule has 1 unspecified atom stereocenters. The lowest BCUT2D eigenvalue weighted by Gasteiger charge is -2.33. The highest BCUT2D eigenvalue weighted by Gasteiger charge is 2.23. The Morgan fingerprint density at radius 3 is 2.87 bits per heavy atom. The van der Waals surface area contributed by atoms with Crippen LogP contribution in [0.25, 0.3) is 5.82 Å². The van der Waals surface area contributed by atoms with Crippen molar-refractivity contribution in [3.63, 3.8) is 0 Å². The minimum Gasteiger partial charge on any atom is -0.355 e. The Balaban J connectivity index is 1.57. The Labute approximate surface area is 134 Å². The second-order valence-electron chi connectivity index (χ2n) is 5.74. The fourth-order valence-electron chi connectivity index (χ4n) is 3.09. The number of rotatable bonds is 3. The molecule has 0 amide bonds. The lowest BCUT2D eigenvalue weighted by Crippen LogP contribution is -2.35. The molecule has 1 aliphatic heterocycles. The molecule has 0 aliphatic carbocycles. The molecule has 3 aromatic heterocycles. The SMILES string of the molecule is c1cc(C2CCCN(c3cnccn3)C2)nc(-n2ccnc2)c1. The second-order valence-corrected chi connectivity index (χ2v) is 5.74. The van der Waals surface area contributed by atoms with Gasteiger partial charge in [-0.3, -0.25) is 9.55 Å².